The molecule has 2 saturated heterocycles. The first kappa shape index (κ1) is 16.5. The Hall–Kier alpha value is -2.01. The topological polar surface area (TPSA) is 45.2 Å². The Kier molecular flexibility index (Phi) is 4.92. The van der Waals surface area contributed by atoms with Crippen molar-refractivity contribution in [2.24, 2.45) is 11.8 Å². The summed E-state index contributed by atoms with van der Waals surface area (Å²) in [5.74, 6) is 2.56. The Labute approximate surface area is 150 Å². The minimum absolute atomic E-state index is 0.796. The van der Waals surface area contributed by atoms with Crippen molar-refractivity contribution in [3.05, 3.63) is 48.0 Å². The number of aryl methyl sites for hydroxylation is 1. The summed E-state index contributed by atoms with van der Waals surface area (Å²) >= 11 is 0. The predicted molar refractivity (Wildman–Crippen MR) is 99.3 cm³/mol. The molecule has 2 aromatic heterocycles. The lowest BCUT2D eigenvalue weighted by atomic mass is 9.83. The lowest BCUT2D eigenvalue weighted by Crippen LogP contribution is -2.36. The van der Waals surface area contributed by atoms with Crippen LogP contribution in [0.2, 0.25) is 0 Å². The van der Waals surface area contributed by atoms with Gasteiger partial charge in [0, 0.05) is 43.9 Å². The highest BCUT2D eigenvalue weighted by Crippen LogP contribution is 2.33. The van der Waals surface area contributed by atoms with E-state index in [1.807, 2.05) is 37.6 Å². The number of hydrogen-bond acceptors (Lipinski definition) is 5. The average Bonchev–Trinajstić information content (AvgIpc) is 3.13. The summed E-state index contributed by atoms with van der Waals surface area (Å²) < 4.78 is 0. The summed E-state index contributed by atoms with van der Waals surface area (Å²) in [5, 5.41) is 0. The van der Waals surface area contributed by atoms with Crippen molar-refractivity contribution in [3.63, 3.8) is 0 Å². The third-order valence-electron chi connectivity index (χ3n) is 5.72. The van der Waals surface area contributed by atoms with E-state index in [0.29, 0.717) is 0 Å². The molecule has 0 N–H and O–H groups in total. The minimum atomic E-state index is 0.796. The van der Waals surface area contributed by atoms with Gasteiger partial charge < -0.3 is 4.90 Å². The van der Waals surface area contributed by atoms with Crippen molar-refractivity contribution in [2.75, 3.05) is 31.1 Å². The molecular weight excluding hydrogens is 310 g/mol. The van der Waals surface area contributed by atoms with Crippen LogP contribution in [0.5, 0.6) is 0 Å². The van der Waals surface area contributed by atoms with Crippen LogP contribution in [0.25, 0.3) is 0 Å². The molecule has 1 unspecified atom stereocenters. The fourth-order valence-corrected chi connectivity index (χ4v) is 4.27. The summed E-state index contributed by atoms with van der Waals surface area (Å²) in [6, 6.07) is 6.17. The third kappa shape index (κ3) is 3.98. The van der Waals surface area contributed by atoms with Gasteiger partial charge in [0.05, 0.1) is 0 Å². The molecule has 0 aromatic carbocycles. The Morgan fingerprint density at radius 3 is 2.64 bits per heavy atom. The number of rotatable bonds is 4. The first-order valence-corrected chi connectivity index (χ1v) is 9.44. The molecule has 25 heavy (non-hydrogen) atoms. The van der Waals surface area contributed by atoms with Gasteiger partial charge >= 0.3 is 0 Å². The van der Waals surface area contributed by atoms with Crippen LogP contribution in [0, 0.1) is 18.8 Å². The molecule has 0 radical (unpaired) electrons. The molecule has 2 fully saturated rings. The van der Waals surface area contributed by atoms with Crippen molar-refractivity contribution in [3.8, 4) is 0 Å². The molecule has 132 valence electrons. The monoisotopic (exact) mass is 337 g/mol. The molecule has 0 saturated carbocycles. The van der Waals surface area contributed by atoms with Gasteiger partial charge in [-0.2, -0.15) is 0 Å². The van der Waals surface area contributed by atoms with Crippen LogP contribution in [-0.4, -0.2) is 46.0 Å². The largest absolute Gasteiger partial charge is 0.341 e. The number of nitrogens with zero attached hydrogens (tertiary/aromatic N) is 5. The Balaban J connectivity index is 1.28. The van der Waals surface area contributed by atoms with Gasteiger partial charge in [-0.1, -0.05) is 6.07 Å². The first-order valence-electron chi connectivity index (χ1n) is 9.44. The van der Waals surface area contributed by atoms with E-state index in [9.17, 15) is 0 Å². The third-order valence-corrected chi connectivity index (χ3v) is 5.72. The first-order chi connectivity index (χ1) is 12.3. The lowest BCUT2D eigenvalue weighted by molar-refractivity contribution is 0.147. The van der Waals surface area contributed by atoms with Crippen LogP contribution in [0.4, 0.5) is 5.95 Å². The summed E-state index contributed by atoms with van der Waals surface area (Å²) in [5.41, 5.74) is 2.38. The molecular formula is C20H27N5. The lowest BCUT2D eigenvalue weighted by Gasteiger charge is -2.34. The molecule has 4 rings (SSSR count). The van der Waals surface area contributed by atoms with E-state index >= 15 is 0 Å². The SMILES string of the molecule is Cc1ccnc(N2CCC(C3CCN(Cc4cccnc4)CC3)C2)n1. The van der Waals surface area contributed by atoms with E-state index in [0.717, 1.165) is 43.1 Å². The molecule has 1 atom stereocenters. The second-order valence-corrected chi connectivity index (χ2v) is 7.47. The van der Waals surface area contributed by atoms with Crippen LogP contribution in [0.3, 0.4) is 0 Å². The zero-order chi connectivity index (χ0) is 17.1. The fraction of sp³-hybridized carbons (Fsp3) is 0.550. The van der Waals surface area contributed by atoms with Gasteiger partial charge in [0.2, 0.25) is 5.95 Å². The van der Waals surface area contributed by atoms with Crippen LogP contribution in [-0.2, 0) is 6.54 Å². The Morgan fingerprint density at radius 2 is 1.88 bits per heavy atom. The summed E-state index contributed by atoms with van der Waals surface area (Å²) in [6.45, 7) is 7.71. The number of pyridine rings is 1. The highest BCUT2D eigenvalue weighted by Gasteiger charge is 2.32. The van der Waals surface area contributed by atoms with Gasteiger partial charge in [0.15, 0.2) is 0 Å². The van der Waals surface area contributed by atoms with E-state index in [1.54, 1.807) is 0 Å². The van der Waals surface area contributed by atoms with Crippen LogP contribution in [0.15, 0.2) is 36.8 Å². The molecule has 4 heterocycles. The maximum absolute atomic E-state index is 4.59. The smallest absolute Gasteiger partial charge is 0.225 e. The maximum Gasteiger partial charge on any atom is 0.225 e. The van der Waals surface area contributed by atoms with Gasteiger partial charge in [0.1, 0.15) is 0 Å². The molecule has 0 amide bonds. The summed E-state index contributed by atoms with van der Waals surface area (Å²) in [4.78, 5) is 18.2. The second kappa shape index (κ2) is 7.48. The highest BCUT2D eigenvalue weighted by atomic mass is 15.3. The quantitative estimate of drug-likeness (QED) is 0.858. The number of hydrogen-bond donors (Lipinski definition) is 0. The van der Waals surface area contributed by atoms with Gasteiger partial charge in [-0.15, -0.1) is 0 Å². The zero-order valence-electron chi connectivity index (χ0n) is 15.0. The van der Waals surface area contributed by atoms with Crippen LogP contribution < -0.4 is 4.90 Å². The van der Waals surface area contributed by atoms with Crippen molar-refractivity contribution in [2.45, 2.75) is 32.7 Å². The predicted octanol–water partition coefficient (Wildman–Crippen LogP) is 2.92. The number of aromatic nitrogens is 3. The summed E-state index contributed by atoms with van der Waals surface area (Å²) in [6.07, 6.45) is 9.62. The van der Waals surface area contributed by atoms with E-state index in [1.165, 1.54) is 37.9 Å². The van der Waals surface area contributed by atoms with E-state index in [2.05, 4.69) is 30.8 Å². The average molecular weight is 337 g/mol. The molecule has 0 bridgehead atoms. The van der Waals surface area contributed by atoms with Gasteiger partial charge in [-0.3, -0.25) is 9.88 Å². The number of anilines is 1. The number of piperidine rings is 1. The van der Waals surface area contributed by atoms with Gasteiger partial charge in [-0.05, 0) is 68.8 Å². The van der Waals surface area contributed by atoms with E-state index in [-0.39, 0.29) is 0 Å². The van der Waals surface area contributed by atoms with E-state index in [4.69, 9.17) is 0 Å². The zero-order valence-corrected chi connectivity index (χ0v) is 15.0. The van der Waals surface area contributed by atoms with Gasteiger partial charge in [-0.25, -0.2) is 9.97 Å². The molecule has 2 aromatic rings. The fourth-order valence-electron chi connectivity index (χ4n) is 4.27. The van der Waals surface area contributed by atoms with Crippen molar-refractivity contribution in [1.29, 1.82) is 0 Å². The molecule has 0 spiro atoms. The Bertz CT molecular complexity index is 681. The molecule has 5 heteroatoms. The number of likely N-dealkylation sites (tertiary alicyclic amines) is 1. The maximum atomic E-state index is 4.59. The molecule has 2 aliphatic heterocycles. The van der Waals surface area contributed by atoms with Crippen LogP contribution in [0.1, 0.15) is 30.5 Å². The van der Waals surface area contributed by atoms with Crippen molar-refractivity contribution < 1.29 is 0 Å². The second-order valence-electron chi connectivity index (χ2n) is 7.47. The Morgan fingerprint density at radius 1 is 1.04 bits per heavy atom. The summed E-state index contributed by atoms with van der Waals surface area (Å²) in [7, 11) is 0. The van der Waals surface area contributed by atoms with Crippen LogP contribution >= 0.6 is 0 Å². The standard InChI is InChI=1S/C20H27N5/c1-16-4-9-22-20(23-16)25-12-7-19(15-25)18-5-10-24(11-6-18)14-17-3-2-8-21-13-17/h2-4,8-9,13,18-19H,5-7,10-12,14-15H2,1H3. The molecule has 0 aliphatic carbocycles. The van der Waals surface area contributed by atoms with Gasteiger partial charge in [0.25, 0.3) is 0 Å². The molecule has 2 aliphatic rings. The highest BCUT2D eigenvalue weighted by molar-refractivity contribution is 5.32. The molecule has 5 nitrogen and oxygen atoms in total. The van der Waals surface area contributed by atoms with Crippen molar-refractivity contribution in [1.82, 2.24) is 19.9 Å². The van der Waals surface area contributed by atoms with E-state index < -0.39 is 0 Å². The van der Waals surface area contributed by atoms with Crippen molar-refractivity contribution >= 4 is 5.95 Å². The normalized spacial score (nSPS) is 22.4. The minimum Gasteiger partial charge on any atom is -0.341 e.